The van der Waals surface area contributed by atoms with Gasteiger partial charge in [0.05, 0.1) is 24.0 Å². The van der Waals surface area contributed by atoms with E-state index in [9.17, 15) is 4.39 Å². The van der Waals surface area contributed by atoms with Crippen LogP contribution in [0.1, 0.15) is 29.0 Å². The second-order valence-corrected chi connectivity index (χ2v) is 7.68. The van der Waals surface area contributed by atoms with E-state index in [0.29, 0.717) is 12.2 Å². The number of aromatic nitrogens is 4. The fourth-order valence-corrected chi connectivity index (χ4v) is 3.94. The summed E-state index contributed by atoms with van der Waals surface area (Å²) < 4.78 is 16.0. The van der Waals surface area contributed by atoms with Gasteiger partial charge in [-0.2, -0.15) is 5.10 Å². The van der Waals surface area contributed by atoms with Crippen molar-refractivity contribution in [2.24, 2.45) is 4.99 Å². The summed E-state index contributed by atoms with van der Waals surface area (Å²) in [6, 6.07) is 16.4. The van der Waals surface area contributed by atoms with E-state index in [-0.39, 0.29) is 17.9 Å². The summed E-state index contributed by atoms with van der Waals surface area (Å²) >= 11 is 0. The summed E-state index contributed by atoms with van der Waals surface area (Å²) in [7, 11) is 1.86. The van der Waals surface area contributed by atoms with Crippen molar-refractivity contribution in [3.8, 4) is 0 Å². The highest BCUT2D eigenvalue weighted by atomic mass is 19.1. The SMILES string of the molecule is Cc1cccc(C2NC(CN(C)c3ccccc3F)=NC2c2ccc3ncnn3c2)n1. The van der Waals surface area contributed by atoms with Crippen LogP contribution in [-0.2, 0) is 0 Å². The van der Waals surface area contributed by atoms with Crippen molar-refractivity contribution in [3.63, 3.8) is 0 Å². The smallest absolute Gasteiger partial charge is 0.155 e. The Bertz CT molecular complexity index is 1270. The summed E-state index contributed by atoms with van der Waals surface area (Å²) in [6.07, 6.45) is 3.48. The minimum atomic E-state index is -0.256. The lowest BCUT2D eigenvalue weighted by atomic mass is 9.99. The number of para-hydroxylation sites is 1. The molecule has 1 aromatic carbocycles. The molecule has 1 N–H and O–H groups in total. The van der Waals surface area contributed by atoms with Gasteiger partial charge in [0.25, 0.3) is 0 Å². The molecule has 0 saturated carbocycles. The van der Waals surface area contributed by atoms with Crippen LogP contribution in [0, 0.1) is 12.7 Å². The van der Waals surface area contributed by atoms with E-state index < -0.39 is 0 Å². The maximum atomic E-state index is 14.2. The zero-order chi connectivity index (χ0) is 21.4. The van der Waals surface area contributed by atoms with Crippen LogP contribution in [0.2, 0.25) is 0 Å². The zero-order valence-corrected chi connectivity index (χ0v) is 17.3. The average Bonchev–Trinajstić information content (AvgIpc) is 3.40. The van der Waals surface area contributed by atoms with Gasteiger partial charge in [-0.15, -0.1) is 0 Å². The Labute approximate surface area is 179 Å². The second-order valence-electron chi connectivity index (χ2n) is 7.68. The number of nitrogens with one attached hydrogen (secondary N) is 1. The predicted molar refractivity (Wildman–Crippen MR) is 118 cm³/mol. The third-order valence-electron chi connectivity index (χ3n) is 5.45. The molecule has 0 bridgehead atoms. The van der Waals surface area contributed by atoms with Gasteiger partial charge in [-0.1, -0.05) is 24.3 Å². The lowest BCUT2D eigenvalue weighted by molar-refractivity contribution is 0.553. The highest BCUT2D eigenvalue weighted by molar-refractivity contribution is 5.89. The highest BCUT2D eigenvalue weighted by Gasteiger charge is 2.33. The molecular formula is C23H22FN7. The molecule has 31 heavy (non-hydrogen) atoms. The fourth-order valence-electron chi connectivity index (χ4n) is 3.94. The standard InChI is InChI=1S/C23H22FN7/c1-15-6-5-8-18(27-15)23-22(16-10-11-21-25-14-26-31(21)12-16)28-20(29-23)13-30(2)19-9-4-3-7-17(19)24/h3-12,14,22-23H,13H2,1-2H3,(H,28,29). The average molecular weight is 415 g/mol. The normalized spacial score (nSPS) is 18.1. The minimum Gasteiger partial charge on any atom is -0.365 e. The van der Waals surface area contributed by atoms with Crippen LogP contribution >= 0.6 is 0 Å². The molecule has 2 unspecified atom stereocenters. The van der Waals surface area contributed by atoms with E-state index in [4.69, 9.17) is 9.98 Å². The molecule has 1 aliphatic heterocycles. The predicted octanol–water partition coefficient (Wildman–Crippen LogP) is 3.49. The first kappa shape index (κ1) is 19.2. The number of benzene rings is 1. The highest BCUT2D eigenvalue weighted by Crippen LogP contribution is 2.35. The molecule has 0 spiro atoms. The molecule has 0 aliphatic carbocycles. The number of hydrogen-bond acceptors (Lipinski definition) is 6. The van der Waals surface area contributed by atoms with Gasteiger partial charge in [0, 0.05) is 18.9 Å². The molecule has 7 nitrogen and oxygen atoms in total. The Balaban J connectivity index is 1.49. The molecular weight excluding hydrogens is 393 g/mol. The Hall–Kier alpha value is -3.81. The van der Waals surface area contributed by atoms with Gasteiger partial charge in [0.2, 0.25) is 0 Å². The number of pyridine rings is 2. The van der Waals surface area contributed by atoms with Crippen LogP contribution in [0.3, 0.4) is 0 Å². The van der Waals surface area contributed by atoms with Crippen molar-refractivity contribution in [1.29, 1.82) is 0 Å². The quantitative estimate of drug-likeness (QED) is 0.540. The summed E-state index contributed by atoms with van der Waals surface area (Å²) in [5, 5.41) is 7.77. The van der Waals surface area contributed by atoms with Crippen molar-refractivity contribution in [1.82, 2.24) is 24.9 Å². The number of aryl methyl sites for hydroxylation is 1. The van der Waals surface area contributed by atoms with Gasteiger partial charge >= 0.3 is 0 Å². The van der Waals surface area contributed by atoms with E-state index in [1.165, 1.54) is 12.4 Å². The van der Waals surface area contributed by atoms with Crippen molar-refractivity contribution < 1.29 is 4.39 Å². The molecule has 3 aromatic heterocycles. The number of likely N-dealkylation sites (N-methyl/N-ethyl adjacent to an activating group) is 1. The Morgan fingerprint density at radius 1 is 1.10 bits per heavy atom. The largest absolute Gasteiger partial charge is 0.365 e. The first-order valence-electron chi connectivity index (χ1n) is 10.1. The van der Waals surface area contributed by atoms with Crippen LogP contribution in [0.15, 0.2) is 72.1 Å². The summed E-state index contributed by atoms with van der Waals surface area (Å²) in [4.78, 5) is 15.8. The number of hydrogen-bond donors (Lipinski definition) is 1. The second kappa shape index (κ2) is 7.79. The summed E-state index contributed by atoms with van der Waals surface area (Å²) in [6.45, 7) is 2.42. The monoisotopic (exact) mass is 415 g/mol. The third kappa shape index (κ3) is 3.72. The minimum absolute atomic E-state index is 0.134. The van der Waals surface area contributed by atoms with Crippen molar-refractivity contribution in [3.05, 3.63) is 89.9 Å². The van der Waals surface area contributed by atoms with Gasteiger partial charge in [-0.05, 0) is 42.8 Å². The topological polar surface area (TPSA) is 70.7 Å². The molecule has 8 heteroatoms. The molecule has 156 valence electrons. The van der Waals surface area contributed by atoms with E-state index in [1.807, 2.05) is 61.5 Å². The van der Waals surface area contributed by atoms with Crippen LogP contribution < -0.4 is 10.2 Å². The van der Waals surface area contributed by atoms with Crippen LogP contribution in [0.5, 0.6) is 0 Å². The number of rotatable bonds is 5. The van der Waals surface area contributed by atoms with Crippen LogP contribution in [0.25, 0.3) is 5.65 Å². The first-order valence-corrected chi connectivity index (χ1v) is 10.1. The van der Waals surface area contributed by atoms with E-state index in [0.717, 1.165) is 28.4 Å². The number of aliphatic imine (C=N–C) groups is 1. The van der Waals surface area contributed by atoms with Gasteiger partial charge in [-0.25, -0.2) is 13.9 Å². The number of fused-ring (bicyclic) bond motifs is 1. The molecule has 2 atom stereocenters. The van der Waals surface area contributed by atoms with Crippen LogP contribution in [0.4, 0.5) is 10.1 Å². The van der Waals surface area contributed by atoms with Crippen molar-refractivity contribution in [2.75, 3.05) is 18.5 Å². The summed E-state index contributed by atoms with van der Waals surface area (Å²) in [5.74, 6) is 0.524. The third-order valence-corrected chi connectivity index (χ3v) is 5.45. The van der Waals surface area contributed by atoms with E-state index >= 15 is 0 Å². The molecule has 4 heterocycles. The zero-order valence-electron chi connectivity index (χ0n) is 17.3. The number of halogens is 1. The molecule has 4 aromatic rings. The molecule has 0 amide bonds. The van der Waals surface area contributed by atoms with Crippen LogP contribution in [-0.4, -0.2) is 39.0 Å². The lowest BCUT2D eigenvalue weighted by Gasteiger charge is -2.21. The number of amidine groups is 1. The van der Waals surface area contributed by atoms with E-state index in [2.05, 4.69) is 15.4 Å². The Kier molecular flexibility index (Phi) is 4.82. The molecule has 5 rings (SSSR count). The molecule has 0 radical (unpaired) electrons. The maximum Gasteiger partial charge on any atom is 0.155 e. The van der Waals surface area contributed by atoms with Gasteiger partial charge in [-0.3, -0.25) is 9.98 Å². The molecule has 1 aliphatic rings. The van der Waals surface area contributed by atoms with Crippen molar-refractivity contribution in [2.45, 2.75) is 19.0 Å². The lowest BCUT2D eigenvalue weighted by Crippen LogP contribution is -2.34. The number of nitrogens with zero attached hydrogens (tertiary/aromatic N) is 6. The number of anilines is 1. The Morgan fingerprint density at radius 3 is 2.81 bits per heavy atom. The van der Waals surface area contributed by atoms with Gasteiger partial charge in [0.15, 0.2) is 5.65 Å². The van der Waals surface area contributed by atoms with E-state index in [1.54, 1.807) is 16.6 Å². The van der Waals surface area contributed by atoms with Gasteiger partial charge in [0.1, 0.15) is 24.0 Å². The molecule has 0 saturated heterocycles. The van der Waals surface area contributed by atoms with Gasteiger partial charge < -0.3 is 10.2 Å². The molecule has 0 fully saturated rings. The summed E-state index contributed by atoms with van der Waals surface area (Å²) in [5.41, 5.74) is 4.17. The fraction of sp³-hybridized carbons (Fsp3) is 0.217. The first-order chi connectivity index (χ1) is 15.1. The van der Waals surface area contributed by atoms with Crippen molar-refractivity contribution >= 4 is 17.2 Å². The Morgan fingerprint density at radius 2 is 1.97 bits per heavy atom. The maximum absolute atomic E-state index is 14.2.